The van der Waals surface area contributed by atoms with E-state index in [-0.39, 0.29) is 5.91 Å². The summed E-state index contributed by atoms with van der Waals surface area (Å²) >= 11 is 3.35. The molecule has 1 amide bonds. The maximum Gasteiger partial charge on any atom is 0.238 e. The van der Waals surface area contributed by atoms with Gasteiger partial charge in [-0.05, 0) is 24.3 Å². The third-order valence-electron chi connectivity index (χ3n) is 2.86. The van der Waals surface area contributed by atoms with Crippen molar-refractivity contribution in [2.24, 2.45) is 7.05 Å². The van der Waals surface area contributed by atoms with Crippen LogP contribution < -0.4 is 10.6 Å². The number of nitrogens with one attached hydrogen (secondary N) is 2. The van der Waals surface area contributed by atoms with Crippen molar-refractivity contribution < 1.29 is 4.79 Å². The van der Waals surface area contributed by atoms with Gasteiger partial charge in [-0.1, -0.05) is 15.9 Å². The highest BCUT2D eigenvalue weighted by molar-refractivity contribution is 9.10. The molecule has 0 fully saturated rings. The van der Waals surface area contributed by atoms with E-state index in [1.165, 1.54) is 0 Å². The molecule has 1 heterocycles. The van der Waals surface area contributed by atoms with Crippen molar-refractivity contribution in [1.29, 1.82) is 0 Å². The molecule has 6 heteroatoms. The zero-order valence-electron chi connectivity index (χ0n) is 11.3. The molecular weight excluding hydrogens is 320 g/mol. The van der Waals surface area contributed by atoms with Gasteiger partial charge < -0.3 is 15.2 Å². The fourth-order valence-electron chi connectivity index (χ4n) is 1.78. The normalized spacial score (nSPS) is 10.5. The van der Waals surface area contributed by atoms with Gasteiger partial charge in [0.2, 0.25) is 5.91 Å². The highest BCUT2D eigenvalue weighted by Crippen LogP contribution is 2.13. The molecule has 0 saturated carbocycles. The Balaban J connectivity index is 1.68. The molecule has 0 aliphatic carbocycles. The van der Waals surface area contributed by atoms with Gasteiger partial charge in [0.25, 0.3) is 0 Å². The van der Waals surface area contributed by atoms with Crippen molar-refractivity contribution in [1.82, 2.24) is 14.9 Å². The second kappa shape index (κ2) is 7.21. The van der Waals surface area contributed by atoms with Gasteiger partial charge in [-0.15, -0.1) is 0 Å². The van der Waals surface area contributed by atoms with Crippen LogP contribution in [-0.4, -0.2) is 28.5 Å². The van der Waals surface area contributed by atoms with Gasteiger partial charge in [-0.2, -0.15) is 0 Å². The lowest BCUT2D eigenvalue weighted by Gasteiger charge is -2.07. The van der Waals surface area contributed by atoms with Crippen LogP contribution in [0.25, 0.3) is 0 Å². The first kappa shape index (κ1) is 14.7. The molecular formula is C14H17BrN4O. The fraction of sp³-hybridized carbons (Fsp3) is 0.286. The number of amides is 1. The molecule has 0 aliphatic rings. The first-order valence-corrected chi connectivity index (χ1v) is 7.17. The highest BCUT2D eigenvalue weighted by atomic mass is 79.9. The Labute approximate surface area is 126 Å². The number of benzene rings is 1. The van der Waals surface area contributed by atoms with Crippen molar-refractivity contribution in [2.45, 2.75) is 6.42 Å². The summed E-state index contributed by atoms with van der Waals surface area (Å²) < 4.78 is 2.97. The monoisotopic (exact) mass is 336 g/mol. The maximum absolute atomic E-state index is 11.7. The smallest absolute Gasteiger partial charge is 0.238 e. The van der Waals surface area contributed by atoms with Crippen LogP contribution in [0.15, 0.2) is 41.1 Å². The zero-order valence-corrected chi connectivity index (χ0v) is 12.9. The lowest BCUT2D eigenvalue weighted by molar-refractivity contribution is -0.115. The van der Waals surface area contributed by atoms with E-state index in [0.717, 1.165) is 29.0 Å². The molecule has 0 unspecified atom stereocenters. The predicted octanol–water partition coefficient (Wildman–Crippen LogP) is 1.95. The fourth-order valence-corrected chi connectivity index (χ4v) is 2.04. The number of carbonyl (C=O) groups is 1. The van der Waals surface area contributed by atoms with E-state index in [1.54, 1.807) is 6.20 Å². The zero-order chi connectivity index (χ0) is 14.4. The second-order valence-corrected chi connectivity index (χ2v) is 5.35. The number of nitrogens with zero attached hydrogens (tertiary/aromatic N) is 2. The number of hydrogen-bond donors (Lipinski definition) is 2. The minimum atomic E-state index is -0.0489. The first-order chi connectivity index (χ1) is 9.65. The number of rotatable bonds is 6. The Kier molecular flexibility index (Phi) is 5.31. The average Bonchev–Trinajstić information content (AvgIpc) is 2.83. The van der Waals surface area contributed by atoms with E-state index in [4.69, 9.17) is 0 Å². The standard InChI is InChI=1S/C14H17BrN4O/c1-19-9-8-17-13(19)6-7-16-10-14(20)18-12-4-2-11(15)3-5-12/h2-5,8-9,16H,6-7,10H2,1H3,(H,18,20). The molecule has 2 aromatic rings. The Morgan fingerprint density at radius 1 is 1.35 bits per heavy atom. The molecule has 0 atom stereocenters. The number of anilines is 1. The van der Waals surface area contributed by atoms with Crippen molar-refractivity contribution in [3.05, 3.63) is 47.0 Å². The summed E-state index contributed by atoms with van der Waals surface area (Å²) in [6, 6.07) is 7.50. The van der Waals surface area contributed by atoms with Crippen LogP contribution in [0, 0.1) is 0 Å². The summed E-state index contributed by atoms with van der Waals surface area (Å²) in [5.41, 5.74) is 0.795. The summed E-state index contributed by atoms with van der Waals surface area (Å²) in [6.07, 6.45) is 4.49. The number of imidazole rings is 1. The lowest BCUT2D eigenvalue weighted by Crippen LogP contribution is -2.29. The van der Waals surface area contributed by atoms with E-state index in [9.17, 15) is 4.79 Å². The predicted molar refractivity (Wildman–Crippen MR) is 82.6 cm³/mol. The summed E-state index contributed by atoms with van der Waals surface area (Å²) in [5, 5.41) is 5.94. The molecule has 5 nitrogen and oxygen atoms in total. The minimum absolute atomic E-state index is 0.0489. The lowest BCUT2D eigenvalue weighted by atomic mass is 10.3. The molecule has 0 saturated heterocycles. The van der Waals surface area contributed by atoms with E-state index >= 15 is 0 Å². The van der Waals surface area contributed by atoms with E-state index < -0.39 is 0 Å². The molecule has 0 spiro atoms. The number of carbonyl (C=O) groups excluding carboxylic acids is 1. The van der Waals surface area contributed by atoms with Crippen LogP contribution >= 0.6 is 15.9 Å². The minimum Gasteiger partial charge on any atom is -0.338 e. The van der Waals surface area contributed by atoms with Gasteiger partial charge in [-0.3, -0.25) is 4.79 Å². The highest BCUT2D eigenvalue weighted by Gasteiger charge is 2.03. The molecule has 1 aromatic heterocycles. The molecule has 0 bridgehead atoms. The molecule has 2 rings (SSSR count). The van der Waals surface area contributed by atoms with Gasteiger partial charge in [0.15, 0.2) is 0 Å². The molecule has 20 heavy (non-hydrogen) atoms. The van der Waals surface area contributed by atoms with Gasteiger partial charge >= 0.3 is 0 Å². The Hall–Kier alpha value is -1.66. The molecule has 0 aliphatic heterocycles. The number of aryl methyl sites for hydroxylation is 1. The van der Waals surface area contributed by atoms with Crippen molar-refractivity contribution in [3.63, 3.8) is 0 Å². The van der Waals surface area contributed by atoms with Gasteiger partial charge in [0.05, 0.1) is 6.54 Å². The van der Waals surface area contributed by atoms with Gasteiger partial charge in [0, 0.05) is 42.6 Å². The summed E-state index contributed by atoms with van der Waals surface area (Å²) in [4.78, 5) is 15.9. The van der Waals surface area contributed by atoms with Gasteiger partial charge in [0.1, 0.15) is 5.82 Å². The third kappa shape index (κ3) is 4.47. The Bertz CT molecular complexity index is 565. The van der Waals surface area contributed by atoms with E-state index in [1.807, 2.05) is 42.1 Å². The maximum atomic E-state index is 11.7. The van der Waals surface area contributed by atoms with Crippen molar-refractivity contribution in [2.75, 3.05) is 18.4 Å². The SMILES string of the molecule is Cn1ccnc1CCNCC(=O)Nc1ccc(Br)cc1. The van der Waals surface area contributed by atoms with E-state index in [2.05, 4.69) is 31.5 Å². The molecule has 1 aromatic carbocycles. The van der Waals surface area contributed by atoms with Crippen LogP contribution in [0.5, 0.6) is 0 Å². The number of aromatic nitrogens is 2. The molecule has 0 radical (unpaired) electrons. The number of halogens is 1. The van der Waals surface area contributed by atoms with Crippen LogP contribution in [-0.2, 0) is 18.3 Å². The van der Waals surface area contributed by atoms with Crippen molar-refractivity contribution >= 4 is 27.5 Å². The third-order valence-corrected chi connectivity index (χ3v) is 3.39. The summed E-state index contributed by atoms with van der Waals surface area (Å²) in [5.74, 6) is 0.956. The van der Waals surface area contributed by atoms with E-state index in [0.29, 0.717) is 6.54 Å². The largest absolute Gasteiger partial charge is 0.338 e. The van der Waals surface area contributed by atoms with Gasteiger partial charge in [-0.25, -0.2) is 4.98 Å². The second-order valence-electron chi connectivity index (χ2n) is 4.44. The van der Waals surface area contributed by atoms with Crippen LogP contribution in [0.4, 0.5) is 5.69 Å². The van der Waals surface area contributed by atoms with Crippen LogP contribution in [0.2, 0.25) is 0 Å². The summed E-state index contributed by atoms with van der Waals surface area (Å²) in [6.45, 7) is 1.01. The molecule has 106 valence electrons. The molecule has 2 N–H and O–H groups in total. The number of hydrogen-bond acceptors (Lipinski definition) is 3. The Morgan fingerprint density at radius 2 is 2.10 bits per heavy atom. The topological polar surface area (TPSA) is 59.0 Å². The van der Waals surface area contributed by atoms with Crippen LogP contribution in [0.3, 0.4) is 0 Å². The Morgan fingerprint density at radius 3 is 2.75 bits per heavy atom. The summed E-state index contributed by atoms with van der Waals surface area (Å²) in [7, 11) is 1.96. The average molecular weight is 337 g/mol. The quantitative estimate of drug-likeness (QED) is 0.792. The van der Waals surface area contributed by atoms with Crippen LogP contribution in [0.1, 0.15) is 5.82 Å². The first-order valence-electron chi connectivity index (χ1n) is 6.37. The van der Waals surface area contributed by atoms with Crippen molar-refractivity contribution in [3.8, 4) is 0 Å².